The van der Waals surface area contributed by atoms with Gasteiger partial charge in [0.05, 0.1) is 29.2 Å². The van der Waals surface area contributed by atoms with Gasteiger partial charge in [0.1, 0.15) is 5.75 Å². The summed E-state index contributed by atoms with van der Waals surface area (Å²) in [6.07, 6.45) is 3.80. The zero-order chi connectivity index (χ0) is 27.1. The Bertz CT molecular complexity index is 1640. The number of rotatable bonds is 7. The van der Waals surface area contributed by atoms with Crippen molar-refractivity contribution < 1.29 is 9.53 Å². The number of carbonyl (C=O) groups is 1. The van der Waals surface area contributed by atoms with Crippen LogP contribution in [0.4, 0.5) is 0 Å². The molecule has 0 fully saturated rings. The first-order valence-electron chi connectivity index (χ1n) is 13.7. The first kappa shape index (κ1) is 25.0. The van der Waals surface area contributed by atoms with Crippen LogP contribution < -0.4 is 4.74 Å². The fourth-order valence-corrected chi connectivity index (χ4v) is 5.93. The van der Waals surface area contributed by atoms with Crippen molar-refractivity contribution in [3.8, 4) is 22.7 Å². The van der Waals surface area contributed by atoms with Crippen molar-refractivity contribution in [2.45, 2.75) is 52.6 Å². The predicted octanol–water partition coefficient (Wildman–Crippen LogP) is 6.80. The van der Waals surface area contributed by atoms with Gasteiger partial charge in [0.15, 0.2) is 6.61 Å². The summed E-state index contributed by atoms with van der Waals surface area (Å²) in [5.41, 5.74) is 8.36. The number of hydrogen-bond donors (Lipinski definition) is 1. The minimum Gasteiger partial charge on any atom is -0.484 e. The second-order valence-electron chi connectivity index (χ2n) is 10.6. The Hall–Kier alpha value is -4.32. The van der Waals surface area contributed by atoms with E-state index in [1.165, 1.54) is 11.1 Å². The zero-order valence-electron chi connectivity index (χ0n) is 23.0. The molecule has 0 atom stereocenters. The lowest BCUT2D eigenvalue weighted by atomic mass is 9.97. The van der Waals surface area contributed by atoms with Crippen molar-refractivity contribution >= 4 is 16.8 Å². The molecule has 1 N–H and O–H groups in total. The van der Waals surface area contributed by atoms with E-state index in [2.05, 4.69) is 79.8 Å². The van der Waals surface area contributed by atoms with Gasteiger partial charge in [-0.15, -0.1) is 0 Å². The highest BCUT2D eigenvalue weighted by molar-refractivity contribution is 5.96. The molecule has 0 bridgehead atoms. The highest BCUT2D eigenvalue weighted by atomic mass is 16.5. The second kappa shape index (κ2) is 9.77. The Morgan fingerprint density at radius 1 is 0.949 bits per heavy atom. The van der Waals surface area contributed by atoms with Crippen molar-refractivity contribution in [3.05, 3.63) is 101 Å². The number of nitrogens with one attached hydrogen (secondary N) is 1. The average molecular weight is 519 g/mol. The number of aromatic amines is 1. The van der Waals surface area contributed by atoms with Gasteiger partial charge in [-0.3, -0.25) is 4.79 Å². The predicted molar refractivity (Wildman–Crippen MR) is 155 cm³/mol. The molecule has 198 valence electrons. The maximum atomic E-state index is 13.5. The van der Waals surface area contributed by atoms with Crippen LogP contribution in [0.5, 0.6) is 5.75 Å². The Morgan fingerprint density at radius 3 is 2.38 bits per heavy atom. The van der Waals surface area contributed by atoms with Crippen molar-refractivity contribution in [1.29, 1.82) is 0 Å². The van der Waals surface area contributed by atoms with Crippen LogP contribution in [0.25, 0.3) is 27.8 Å². The number of amides is 1. The average Bonchev–Trinajstić information content (AvgIpc) is 3.65. The molecule has 0 unspecified atom stereocenters. The van der Waals surface area contributed by atoms with Gasteiger partial charge in [0.25, 0.3) is 5.91 Å². The van der Waals surface area contributed by atoms with Crippen LogP contribution in [0.1, 0.15) is 50.1 Å². The van der Waals surface area contributed by atoms with Crippen molar-refractivity contribution in [2.24, 2.45) is 0 Å². The third kappa shape index (κ3) is 4.11. The molecule has 6 heteroatoms. The number of hydrogen-bond acceptors (Lipinski definition) is 3. The summed E-state index contributed by atoms with van der Waals surface area (Å²) >= 11 is 0. The quantitative estimate of drug-likeness (QED) is 0.258. The van der Waals surface area contributed by atoms with Crippen LogP contribution in [-0.4, -0.2) is 32.2 Å². The number of aromatic nitrogens is 3. The van der Waals surface area contributed by atoms with Crippen molar-refractivity contribution in [3.63, 3.8) is 0 Å². The standard InChI is InChI=1S/C33H34N4O2/c1-5-22-12-10-13-23(6-2)30(22)37-31(26-16-11-17-28-25(26)18-19-34-28)27-20-36(33(3,4)32(27)35-37)29(38)21-39-24-14-8-7-9-15-24/h7-19,34H,5-6,20-21H2,1-4H3. The SMILES string of the molecule is CCc1cccc(CC)c1-n1nc2c(c1-c1cccc3[nH]ccc13)CN(C(=O)COc1ccccc1)C2(C)C. The third-order valence-corrected chi connectivity index (χ3v) is 7.99. The molecule has 5 aromatic rings. The Labute approximate surface area is 229 Å². The van der Waals surface area contributed by atoms with Crippen LogP contribution in [0.3, 0.4) is 0 Å². The van der Waals surface area contributed by atoms with E-state index in [9.17, 15) is 4.79 Å². The summed E-state index contributed by atoms with van der Waals surface area (Å²) in [5.74, 6) is 0.635. The molecule has 3 aromatic carbocycles. The summed E-state index contributed by atoms with van der Waals surface area (Å²) < 4.78 is 8.00. The third-order valence-electron chi connectivity index (χ3n) is 7.99. The number of benzene rings is 3. The van der Waals surface area contributed by atoms with Gasteiger partial charge in [-0.1, -0.05) is 62.4 Å². The minimum absolute atomic E-state index is 0.0148. The lowest BCUT2D eigenvalue weighted by Crippen LogP contribution is -2.43. The molecule has 1 aliphatic heterocycles. The van der Waals surface area contributed by atoms with Gasteiger partial charge in [0, 0.05) is 28.2 Å². The molecule has 0 spiro atoms. The first-order chi connectivity index (χ1) is 18.9. The fourth-order valence-electron chi connectivity index (χ4n) is 5.93. The van der Waals surface area contributed by atoms with Crippen LogP contribution in [0.2, 0.25) is 0 Å². The largest absolute Gasteiger partial charge is 0.484 e. The van der Waals surface area contributed by atoms with E-state index < -0.39 is 5.54 Å². The number of nitrogens with zero attached hydrogens (tertiary/aromatic N) is 3. The van der Waals surface area contributed by atoms with Crippen LogP contribution in [-0.2, 0) is 29.7 Å². The number of ether oxygens (including phenoxy) is 1. The number of carbonyl (C=O) groups excluding carboxylic acids is 1. The summed E-state index contributed by atoms with van der Waals surface area (Å²) in [5, 5.41) is 6.46. The topological polar surface area (TPSA) is 63.2 Å². The smallest absolute Gasteiger partial charge is 0.261 e. The van der Waals surface area contributed by atoms with Gasteiger partial charge in [-0.05, 0) is 62.1 Å². The molecular weight excluding hydrogens is 484 g/mol. The van der Waals surface area contributed by atoms with Gasteiger partial charge in [0.2, 0.25) is 0 Å². The minimum atomic E-state index is -0.591. The molecule has 3 heterocycles. The van der Waals surface area contributed by atoms with E-state index in [0.29, 0.717) is 12.3 Å². The van der Waals surface area contributed by atoms with Gasteiger partial charge in [-0.25, -0.2) is 4.68 Å². The molecule has 0 saturated carbocycles. The number of H-pyrrole nitrogens is 1. The molecule has 1 amide bonds. The molecule has 2 aromatic heterocycles. The van der Waals surface area contributed by atoms with E-state index >= 15 is 0 Å². The maximum absolute atomic E-state index is 13.5. The summed E-state index contributed by atoms with van der Waals surface area (Å²) in [4.78, 5) is 18.8. The lowest BCUT2D eigenvalue weighted by Gasteiger charge is -2.32. The van der Waals surface area contributed by atoms with Crippen molar-refractivity contribution in [2.75, 3.05) is 6.61 Å². The van der Waals surface area contributed by atoms with Crippen LogP contribution in [0, 0.1) is 0 Å². The van der Waals surface area contributed by atoms with E-state index in [1.807, 2.05) is 41.4 Å². The molecule has 6 rings (SSSR count). The molecule has 1 aliphatic rings. The molecule has 6 nitrogen and oxygen atoms in total. The summed E-state index contributed by atoms with van der Waals surface area (Å²) in [7, 11) is 0. The van der Waals surface area contributed by atoms with E-state index in [0.717, 1.165) is 51.9 Å². The Balaban J connectivity index is 1.50. The van der Waals surface area contributed by atoms with E-state index in [4.69, 9.17) is 9.84 Å². The van der Waals surface area contributed by atoms with Gasteiger partial charge >= 0.3 is 0 Å². The second-order valence-corrected chi connectivity index (χ2v) is 10.6. The Kier molecular flexibility index (Phi) is 6.26. The number of fused-ring (bicyclic) bond motifs is 2. The van der Waals surface area contributed by atoms with Gasteiger partial charge < -0.3 is 14.6 Å². The Morgan fingerprint density at radius 2 is 1.67 bits per heavy atom. The number of para-hydroxylation sites is 2. The zero-order valence-corrected chi connectivity index (χ0v) is 23.0. The van der Waals surface area contributed by atoms with Gasteiger partial charge in [-0.2, -0.15) is 5.10 Å². The molecule has 0 saturated heterocycles. The molecule has 0 radical (unpaired) electrons. The first-order valence-corrected chi connectivity index (χ1v) is 13.7. The normalized spacial score (nSPS) is 14.1. The maximum Gasteiger partial charge on any atom is 0.261 e. The van der Waals surface area contributed by atoms with Crippen LogP contribution in [0.15, 0.2) is 79.0 Å². The monoisotopic (exact) mass is 518 g/mol. The van der Waals surface area contributed by atoms with E-state index in [1.54, 1.807) is 0 Å². The lowest BCUT2D eigenvalue weighted by molar-refractivity contribution is -0.138. The molecular formula is C33H34N4O2. The molecule has 39 heavy (non-hydrogen) atoms. The summed E-state index contributed by atoms with van der Waals surface area (Å²) in [6, 6.07) is 24.5. The summed E-state index contributed by atoms with van der Waals surface area (Å²) in [6.45, 7) is 9.02. The fraction of sp³-hybridized carbons (Fsp3) is 0.273. The van der Waals surface area contributed by atoms with Crippen LogP contribution >= 0.6 is 0 Å². The van der Waals surface area contributed by atoms with E-state index in [-0.39, 0.29) is 12.5 Å². The van der Waals surface area contributed by atoms with Crippen molar-refractivity contribution in [1.82, 2.24) is 19.7 Å². The molecule has 0 aliphatic carbocycles. The number of aryl methyl sites for hydroxylation is 2. The highest BCUT2D eigenvalue weighted by Gasteiger charge is 2.45. The highest BCUT2D eigenvalue weighted by Crippen LogP contribution is 2.45.